The van der Waals surface area contributed by atoms with Crippen LogP contribution in [0.1, 0.15) is 33.0 Å². The van der Waals surface area contributed by atoms with Crippen molar-refractivity contribution < 1.29 is 18.0 Å². The maximum absolute atomic E-state index is 13.0. The van der Waals surface area contributed by atoms with E-state index in [1.165, 1.54) is 6.20 Å². The summed E-state index contributed by atoms with van der Waals surface area (Å²) in [6.45, 7) is 3.65. The van der Waals surface area contributed by atoms with Crippen LogP contribution in [0, 0.1) is 13.8 Å². The smallest absolute Gasteiger partial charge is 0.307 e. The molecule has 1 aliphatic rings. The second-order valence-electron chi connectivity index (χ2n) is 7.76. The lowest BCUT2D eigenvalue weighted by Gasteiger charge is -2.18. The first-order chi connectivity index (χ1) is 16.7. The molecule has 0 spiro atoms. The minimum Gasteiger partial charge on any atom is -0.307 e. The number of fused-ring (bicyclic) bond motifs is 1. The molecule has 10 nitrogen and oxygen atoms in total. The standard InChI is InChI=1S/C22H18F3N9O/c1-12-10-33-18(8-29-20(33)9-27-12)16-11-34(32-31-16)17-5-14(7-28-13(17)2)21(35)30-19-6-15(3-4-26-19)22(23,24)25/h3-11,31-32H,1-2H3,(H,26,30,35). The number of alkyl halides is 3. The molecule has 0 saturated heterocycles. The lowest BCUT2D eigenvalue weighted by Crippen LogP contribution is -2.37. The lowest BCUT2D eigenvalue weighted by molar-refractivity contribution is -0.137. The molecule has 0 radical (unpaired) electrons. The molecular formula is C22H18F3N9O. The van der Waals surface area contributed by atoms with Crippen molar-refractivity contribution in [2.45, 2.75) is 20.0 Å². The lowest BCUT2D eigenvalue weighted by atomic mass is 10.2. The molecule has 0 fully saturated rings. The van der Waals surface area contributed by atoms with Gasteiger partial charge in [-0.3, -0.25) is 29.6 Å². The summed E-state index contributed by atoms with van der Waals surface area (Å²) in [5, 5.41) is 4.03. The van der Waals surface area contributed by atoms with Gasteiger partial charge in [0.15, 0.2) is 5.65 Å². The minimum atomic E-state index is -4.55. The number of rotatable bonds is 4. The van der Waals surface area contributed by atoms with Crippen molar-refractivity contribution >= 4 is 28.8 Å². The van der Waals surface area contributed by atoms with Gasteiger partial charge in [0.1, 0.15) is 5.82 Å². The predicted molar refractivity (Wildman–Crippen MR) is 121 cm³/mol. The topological polar surface area (TPSA) is 112 Å². The molecule has 0 aromatic carbocycles. The Hall–Kier alpha value is -4.52. The molecule has 0 bridgehead atoms. The van der Waals surface area contributed by atoms with Crippen molar-refractivity contribution in [3.05, 3.63) is 83.6 Å². The second-order valence-corrected chi connectivity index (χ2v) is 7.76. The zero-order valence-electron chi connectivity index (χ0n) is 18.4. The van der Waals surface area contributed by atoms with Gasteiger partial charge in [0, 0.05) is 18.6 Å². The van der Waals surface area contributed by atoms with E-state index in [-0.39, 0.29) is 11.4 Å². The van der Waals surface area contributed by atoms with Crippen molar-refractivity contribution in [2.75, 3.05) is 10.3 Å². The number of halogens is 3. The fourth-order valence-electron chi connectivity index (χ4n) is 3.51. The molecule has 0 saturated carbocycles. The van der Waals surface area contributed by atoms with E-state index in [0.717, 1.165) is 29.7 Å². The quantitative estimate of drug-likeness (QED) is 0.407. The number of aryl methyl sites for hydroxylation is 2. The van der Waals surface area contributed by atoms with Crippen LogP contribution in [0.3, 0.4) is 0 Å². The Morgan fingerprint density at radius 3 is 2.69 bits per heavy atom. The molecule has 0 unspecified atom stereocenters. The van der Waals surface area contributed by atoms with Gasteiger partial charge in [0.05, 0.1) is 58.2 Å². The zero-order chi connectivity index (χ0) is 24.7. The number of amides is 1. The highest BCUT2D eigenvalue weighted by molar-refractivity contribution is 6.04. The monoisotopic (exact) mass is 481 g/mol. The number of pyridine rings is 2. The van der Waals surface area contributed by atoms with Crippen LogP contribution in [-0.2, 0) is 6.18 Å². The number of carbonyl (C=O) groups excluding carboxylic acids is 1. The molecule has 1 amide bonds. The highest BCUT2D eigenvalue weighted by Crippen LogP contribution is 2.30. The van der Waals surface area contributed by atoms with Crippen molar-refractivity contribution in [3.8, 4) is 0 Å². The molecule has 1 aliphatic heterocycles. The van der Waals surface area contributed by atoms with Gasteiger partial charge in [-0.1, -0.05) is 0 Å². The van der Waals surface area contributed by atoms with Crippen LogP contribution < -0.4 is 21.3 Å². The van der Waals surface area contributed by atoms with Crippen LogP contribution in [0.2, 0.25) is 0 Å². The Labute approximate surface area is 196 Å². The van der Waals surface area contributed by atoms with E-state index in [0.29, 0.717) is 22.7 Å². The van der Waals surface area contributed by atoms with Crippen LogP contribution in [-0.4, -0.2) is 30.2 Å². The SMILES string of the molecule is Cc1cn2c(C3=CN(c4cc(C(=O)Nc5cc(C(F)(F)F)ccn5)cnc4C)NN3)cnc2cn1. The summed E-state index contributed by atoms with van der Waals surface area (Å²) in [5.41, 5.74) is 9.49. The van der Waals surface area contributed by atoms with Crippen molar-refractivity contribution in [3.63, 3.8) is 0 Å². The molecule has 3 N–H and O–H groups in total. The number of nitrogens with zero attached hydrogens (tertiary/aromatic N) is 6. The molecule has 5 rings (SSSR count). The fourth-order valence-corrected chi connectivity index (χ4v) is 3.51. The van der Waals surface area contributed by atoms with Crippen molar-refractivity contribution in [1.29, 1.82) is 0 Å². The molecule has 5 heterocycles. The van der Waals surface area contributed by atoms with Crippen molar-refractivity contribution in [1.82, 2.24) is 35.3 Å². The van der Waals surface area contributed by atoms with Crippen LogP contribution in [0.4, 0.5) is 24.7 Å². The summed E-state index contributed by atoms with van der Waals surface area (Å²) >= 11 is 0. The number of imidazole rings is 1. The highest BCUT2D eigenvalue weighted by atomic mass is 19.4. The van der Waals surface area contributed by atoms with Crippen LogP contribution in [0.15, 0.2) is 55.4 Å². The van der Waals surface area contributed by atoms with Gasteiger partial charge in [0.25, 0.3) is 5.91 Å². The van der Waals surface area contributed by atoms with Gasteiger partial charge in [-0.15, -0.1) is 5.53 Å². The first-order valence-electron chi connectivity index (χ1n) is 10.3. The number of hydrazine groups is 2. The average Bonchev–Trinajstić information content (AvgIpc) is 3.46. The Morgan fingerprint density at radius 2 is 1.89 bits per heavy atom. The third-order valence-electron chi connectivity index (χ3n) is 5.28. The number of carbonyl (C=O) groups is 1. The molecular weight excluding hydrogens is 463 g/mol. The summed E-state index contributed by atoms with van der Waals surface area (Å²) < 4.78 is 40.8. The van der Waals surface area contributed by atoms with Crippen LogP contribution in [0.25, 0.3) is 11.3 Å². The van der Waals surface area contributed by atoms with E-state index in [1.54, 1.807) is 36.6 Å². The number of aromatic nitrogens is 5. The predicted octanol–water partition coefficient (Wildman–Crippen LogP) is 3.24. The summed E-state index contributed by atoms with van der Waals surface area (Å²) in [7, 11) is 0. The third-order valence-corrected chi connectivity index (χ3v) is 5.28. The highest BCUT2D eigenvalue weighted by Gasteiger charge is 2.31. The Kier molecular flexibility index (Phi) is 5.32. The molecule has 178 valence electrons. The number of hydrogen-bond acceptors (Lipinski definition) is 8. The maximum Gasteiger partial charge on any atom is 0.416 e. The third kappa shape index (κ3) is 4.36. The van der Waals surface area contributed by atoms with Crippen molar-refractivity contribution in [2.24, 2.45) is 0 Å². The van der Waals surface area contributed by atoms with Gasteiger partial charge in [-0.05, 0) is 32.0 Å². The fraction of sp³-hybridized carbons (Fsp3) is 0.136. The molecule has 35 heavy (non-hydrogen) atoms. The zero-order valence-corrected chi connectivity index (χ0v) is 18.4. The normalized spacial score (nSPS) is 13.6. The first-order valence-corrected chi connectivity index (χ1v) is 10.3. The number of nitrogens with one attached hydrogen (secondary N) is 3. The van der Waals surface area contributed by atoms with E-state index in [4.69, 9.17) is 0 Å². The summed E-state index contributed by atoms with van der Waals surface area (Å²) in [4.78, 5) is 29.4. The van der Waals surface area contributed by atoms with E-state index < -0.39 is 17.6 Å². The van der Waals surface area contributed by atoms with E-state index in [2.05, 4.69) is 36.2 Å². The molecule has 4 aromatic heterocycles. The Morgan fingerprint density at radius 1 is 1.06 bits per heavy atom. The van der Waals surface area contributed by atoms with Crippen LogP contribution in [0.5, 0.6) is 0 Å². The van der Waals surface area contributed by atoms with E-state index in [9.17, 15) is 18.0 Å². The van der Waals surface area contributed by atoms with Gasteiger partial charge in [-0.2, -0.15) is 13.2 Å². The average molecular weight is 481 g/mol. The van der Waals surface area contributed by atoms with E-state index in [1.807, 2.05) is 17.5 Å². The Bertz CT molecular complexity index is 1480. The second kappa shape index (κ2) is 8.36. The largest absolute Gasteiger partial charge is 0.416 e. The molecule has 4 aromatic rings. The summed E-state index contributed by atoms with van der Waals surface area (Å²) in [6.07, 6.45) is 4.81. The summed E-state index contributed by atoms with van der Waals surface area (Å²) in [5.74, 6) is -0.862. The minimum absolute atomic E-state index is 0.143. The molecule has 0 atom stereocenters. The molecule has 0 aliphatic carbocycles. The Balaban J connectivity index is 1.40. The number of hydrogen-bond donors (Lipinski definition) is 3. The van der Waals surface area contributed by atoms with Crippen LogP contribution >= 0.6 is 0 Å². The van der Waals surface area contributed by atoms with E-state index >= 15 is 0 Å². The first kappa shape index (κ1) is 22.3. The van der Waals surface area contributed by atoms with Gasteiger partial charge >= 0.3 is 6.18 Å². The summed E-state index contributed by atoms with van der Waals surface area (Å²) in [6, 6.07) is 3.18. The molecule has 13 heteroatoms. The van der Waals surface area contributed by atoms with Gasteiger partial charge in [-0.25, -0.2) is 9.97 Å². The maximum atomic E-state index is 13.0. The van der Waals surface area contributed by atoms with Gasteiger partial charge < -0.3 is 5.32 Å². The number of anilines is 2. The van der Waals surface area contributed by atoms with Gasteiger partial charge in [0.2, 0.25) is 0 Å².